The van der Waals surface area contributed by atoms with E-state index in [1.54, 1.807) is 4.68 Å². The Morgan fingerprint density at radius 1 is 1.40 bits per heavy atom. The standard InChI is InChI=1S/C13H18N6O/c1-18-9-7-10(17-18)5-6-12(20)14-13-16-15-11-4-2-3-8-19(11)13/h7,9H,2-6,8H2,1H3,(H,14,16,20). The quantitative estimate of drug-likeness (QED) is 0.899. The molecule has 0 radical (unpaired) electrons. The summed E-state index contributed by atoms with van der Waals surface area (Å²) in [5, 5.41) is 15.3. The third-order valence-electron chi connectivity index (χ3n) is 3.49. The fourth-order valence-electron chi connectivity index (χ4n) is 2.43. The number of nitrogens with zero attached hydrogens (tertiary/aromatic N) is 5. The number of rotatable bonds is 4. The summed E-state index contributed by atoms with van der Waals surface area (Å²) in [4.78, 5) is 11.9. The van der Waals surface area contributed by atoms with Gasteiger partial charge in [0.15, 0.2) is 0 Å². The highest BCUT2D eigenvalue weighted by Crippen LogP contribution is 2.17. The van der Waals surface area contributed by atoms with Crippen LogP contribution < -0.4 is 5.32 Å². The Labute approximate surface area is 117 Å². The fourth-order valence-corrected chi connectivity index (χ4v) is 2.43. The summed E-state index contributed by atoms with van der Waals surface area (Å²) in [6.07, 6.45) is 6.11. The molecular formula is C13H18N6O. The largest absolute Gasteiger partial charge is 0.297 e. The number of anilines is 1. The smallest absolute Gasteiger partial charge is 0.231 e. The van der Waals surface area contributed by atoms with Crippen LogP contribution in [0.1, 0.15) is 30.8 Å². The molecule has 0 saturated heterocycles. The Morgan fingerprint density at radius 3 is 3.10 bits per heavy atom. The van der Waals surface area contributed by atoms with Crippen LogP contribution in [0.2, 0.25) is 0 Å². The summed E-state index contributed by atoms with van der Waals surface area (Å²) >= 11 is 0. The van der Waals surface area contributed by atoms with Crippen molar-refractivity contribution in [2.45, 2.75) is 38.6 Å². The minimum atomic E-state index is -0.0450. The molecule has 0 atom stereocenters. The van der Waals surface area contributed by atoms with Crippen molar-refractivity contribution < 1.29 is 4.79 Å². The lowest BCUT2D eigenvalue weighted by Gasteiger charge is -2.14. The van der Waals surface area contributed by atoms with Crippen molar-refractivity contribution in [1.82, 2.24) is 24.5 Å². The van der Waals surface area contributed by atoms with Crippen LogP contribution in [0.4, 0.5) is 5.95 Å². The molecule has 3 rings (SSSR count). The minimum absolute atomic E-state index is 0.0450. The molecule has 0 spiro atoms. The molecular weight excluding hydrogens is 256 g/mol. The first-order valence-corrected chi connectivity index (χ1v) is 6.93. The third kappa shape index (κ3) is 2.71. The number of carbonyl (C=O) groups is 1. The van der Waals surface area contributed by atoms with Gasteiger partial charge in [-0.1, -0.05) is 0 Å². The second-order valence-corrected chi connectivity index (χ2v) is 5.08. The van der Waals surface area contributed by atoms with Gasteiger partial charge in [-0.25, -0.2) is 0 Å². The predicted octanol–water partition coefficient (Wildman–Crippen LogP) is 0.919. The number of aryl methyl sites for hydroxylation is 3. The van der Waals surface area contributed by atoms with Crippen LogP contribution in [0.3, 0.4) is 0 Å². The highest BCUT2D eigenvalue weighted by atomic mass is 16.1. The fraction of sp³-hybridized carbons (Fsp3) is 0.538. The number of carbonyl (C=O) groups excluding carboxylic acids is 1. The van der Waals surface area contributed by atoms with E-state index in [2.05, 4.69) is 20.6 Å². The van der Waals surface area contributed by atoms with Gasteiger partial charge in [-0.05, 0) is 18.9 Å². The number of fused-ring (bicyclic) bond motifs is 1. The molecule has 2 aromatic rings. The van der Waals surface area contributed by atoms with Crippen molar-refractivity contribution in [3.63, 3.8) is 0 Å². The first kappa shape index (κ1) is 12.8. The molecule has 2 aromatic heterocycles. The summed E-state index contributed by atoms with van der Waals surface area (Å²) in [5.41, 5.74) is 0.922. The maximum atomic E-state index is 11.9. The Bertz CT molecular complexity index is 614. The van der Waals surface area contributed by atoms with E-state index in [0.29, 0.717) is 18.8 Å². The van der Waals surface area contributed by atoms with Gasteiger partial charge in [0, 0.05) is 39.1 Å². The molecule has 1 aliphatic heterocycles. The summed E-state index contributed by atoms with van der Waals surface area (Å²) in [6.45, 7) is 0.887. The number of amides is 1. The summed E-state index contributed by atoms with van der Waals surface area (Å²) < 4.78 is 3.74. The molecule has 0 fully saturated rings. The van der Waals surface area contributed by atoms with Crippen LogP contribution in [0.5, 0.6) is 0 Å². The second kappa shape index (κ2) is 5.44. The van der Waals surface area contributed by atoms with Crippen molar-refractivity contribution in [2.75, 3.05) is 5.32 Å². The lowest BCUT2D eigenvalue weighted by molar-refractivity contribution is -0.116. The van der Waals surface area contributed by atoms with Gasteiger partial charge in [-0.15, -0.1) is 10.2 Å². The van der Waals surface area contributed by atoms with Gasteiger partial charge in [0.05, 0.1) is 5.69 Å². The van der Waals surface area contributed by atoms with E-state index < -0.39 is 0 Å². The Hall–Kier alpha value is -2.18. The topological polar surface area (TPSA) is 77.6 Å². The molecule has 3 heterocycles. The second-order valence-electron chi connectivity index (χ2n) is 5.08. The van der Waals surface area contributed by atoms with Gasteiger partial charge in [0.25, 0.3) is 0 Å². The normalized spacial score (nSPS) is 14.1. The Kier molecular flexibility index (Phi) is 3.49. The monoisotopic (exact) mass is 274 g/mol. The zero-order valence-electron chi connectivity index (χ0n) is 11.5. The van der Waals surface area contributed by atoms with Crippen LogP contribution in [-0.2, 0) is 31.2 Å². The van der Waals surface area contributed by atoms with Crippen LogP contribution in [-0.4, -0.2) is 30.5 Å². The number of hydrogen-bond acceptors (Lipinski definition) is 4. The van der Waals surface area contributed by atoms with Gasteiger partial charge in [-0.3, -0.25) is 19.4 Å². The average Bonchev–Trinajstić information content (AvgIpc) is 3.04. The van der Waals surface area contributed by atoms with Crippen LogP contribution in [0.25, 0.3) is 0 Å². The molecule has 20 heavy (non-hydrogen) atoms. The first-order valence-electron chi connectivity index (χ1n) is 6.93. The minimum Gasteiger partial charge on any atom is -0.297 e. The number of aromatic nitrogens is 5. The lowest BCUT2D eigenvalue weighted by atomic mass is 10.2. The molecule has 7 heteroatoms. The average molecular weight is 274 g/mol. The van der Waals surface area contributed by atoms with Crippen molar-refractivity contribution >= 4 is 11.9 Å². The molecule has 0 unspecified atom stereocenters. The molecule has 7 nitrogen and oxygen atoms in total. The van der Waals surface area contributed by atoms with Crippen LogP contribution in [0.15, 0.2) is 12.3 Å². The van der Waals surface area contributed by atoms with Crippen molar-refractivity contribution in [1.29, 1.82) is 0 Å². The van der Waals surface area contributed by atoms with Gasteiger partial charge in [0.2, 0.25) is 11.9 Å². The maximum absolute atomic E-state index is 11.9. The predicted molar refractivity (Wildman–Crippen MR) is 73.1 cm³/mol. The zero-order valence-corrected chi connectivity index (χ0v) is 11.5. The van der Waals surface area contributed by atoms with E-state index in [9.17, 15) is 4.79 Å². The van der Waals surface area contributed by atoms with Crippen LogP contribution in [0, 0.1) is 0 Å². The summed E-state index contributed by atoms with van der Waals surface area (Å²) in [5.74, 6) is 1.50. The lowest BCUT2D eigenvalue weighted by Crippen LogP contribution is -2.19. The van der Waals surface area contributed by atoms with E-state index in [1.165, 1.54) is 0 Å². The Morgan fingerprint density at radius 2 is 2.30 bits per heavy atom. The van der Waals surface area contributed by atoms with E-state index in [-0.39, 0.29) is 5.91 Å². The molecule has 0 saturated carbocycles. The van der Waals surface area contributed by atoms with Crippen molar-refractivity contribution in [3.05, 3.63) is 23.8 Å². The van der Waals surface area contributed by atoms with Crippen molar-refractivity contribution in [3.8, 4) is 0 Å². The van der Waals surface area contributed by atoms with E-state index in [0.717, 1.165) is 37.3 Å². The SMILES string of the molecule is Cn1ccc(CCC(=O)Nc2nnc3n2CCCC3)n1. The van der Waals surface area contributed by atoms with Gasteiger partial charge < -0.3 is 0 Å². The molecule has 1 aliphatic rings. The molecule has 0 aliphatic carbocycles. The van der Waals surface area contributed by atoms with Gasteiger partial charge in [0.1, 0.15) is 5.82 Å². The highest BCUT2D eigenvalue weighted by molar-refractivity contribution is 5.89. The molecule has 1 amide bonds. The van der Waals surface area contributed by atoms with E-state index in [4.69, 9.17) is 0 Å². The van der Waals surface area contributed by atoms with Gasteiger partial charge in [-0.2, -0.15) is 5.10 Å². The van der Waals surface area contributed by atoms with E-state index in [1.807, 2.05) is 23.9 Å². The van der Waals surface area contributed by atoms with Crippen molar-refractivity contribution in [2.24, 2.45) is 7.05 Å². The third-order valence-corrected chi connectivity index (χ3v) is 3.49. The summed E-state index contributed by atoms with van der Waals surface area (Å²) in [6, 6.07) is 1.92. The first-order chi connectivity index (χ1) is 9.72. The molecule has 106 valence electrons. The molecule has 1 N–H and O–H groups in total. The zero-order chi connectivity index (χ0) is 13.9. The van der Waals surface area contributed by atoms with Gasteiger partial charge >= 0.3 is 0 Å². The number of nitrogens with one attached hydrogen (secondary N) is 1. The number of hydrogen-bond donors (Lipinski definition) is 1. The Balaban J connectivity index is 1.57. The molecule has 0 aromatic carbocycles. The van der Waals surface area contributed by atoms with Crippen LogP contribution >= 0.6 is 0 Å². The summed E-state index contributed by atoms with van der Waals surface area (Å²) in [7, 11) is 1.87. The highest BCUT2D eigenvalue weighted by Gasteiger charge is 2.17. The van der Waals surface area contributed by atoms with E-state index >= 15 is 0 Å². The maximum Gasteiger partial charge on any atom is 0.231 e. The molecule has 0 bridgehead atoms.